The molecule has 3 aromatic rings. The molecular weight excluding hydrogens is 252 g/mol. The van der Waals surface area contributed by atoms with Gasteiger partial charge in [-0.15, -0.1) is 0 Å². The van der Waals surface area contributed by atoms with Crippen molar-refractivity contribution < 1.29 is 0 Å². The van der Waals surface area contributed by atoms with Crippen molar-refractivity contribution in [2.45, 2.75) is 20.3 Å². The maximum absolute atomic E-state index is 3.85. The Morgan fingerprint density at radius 2 is 1.52 bits per heavy atom. The summed E-state index contributed by atoms with van der Waals surface area (Å²) in [5.74, 6) is 0. The second-order valence-corrected chi connectivity index (χ2v) is 5.53. The first kappa shape index (κ1) is 13.6. The Morgan fingerprint density at radius 1 is 0.857 bits per heavy atom. The molecule has 21 heavy (non-hydrogen) atoms. The summed E-state index contributed by atoms with van der Waals surface area (Å²) < 4.78 is 0. The topological polar surface area (TPSA) is 0 Å². The van der Waals surface area contributed by atoms with Crippen LogP contribution in [0.4, 0.5) is 0 Å². The molecule has 0 saturated carbocycles. The standard InChI is InChI=1S/C21H20/c1-4-16-6-7-20-14-21(11-10-19(20)13-16)18-9-8-17(5-2)15(3)12-18/h5-14H,2,4H2,1,3H3. The van der Waals surface area contributed by atoms with E-state index in [1.54, 1.807) is 0 Å². The lowest BCUT2D eigenvalue weighted by Gasteiger charge is -2.08. The molecule has 0 heteroatoms. The summed E-state index contributed by atoms with van der Waals surface area (Å²) in [6.07, 6.45) is 2.99. The van der Waals surface area contributed by atoms with Gasteiger partial charge in [0.05, 0.1) is 0 Å². The Kier molecular flexibility index (Phi) is 3.62. The zero-order chi connectivity index (χ0) is 14.8. The highest BCUT2D eigenvalue weighted by molar-refractivity contribution is 5.88. The molecule has 0 unspecified atom stereocenters. The van der Waals surface area contributed by atoms with Crippen molar-refractivity contribution in [1.29, 1.82) is 0 Å². The quantitative estimate of drug-likeness (QED) is 0.547. The molecule has 0 saturated heterocycles. The van der Waals surface area contributed by atoms with E-state index in [9.17, 15) is 0 Å². The Labute approximate surface area is 126 Å². The summed E-state index contributed by atoms with van der Waals surface area (Å²) in [4.78, 5) is 0. The fourth-order valence-corrected chi connectivity index (χ4v) is 2.78. The molecule has 0 atom stereocenters. The zero-order valence-corrected chi connectivity index (χ0v) is 12.7. The molecule has 0 bridgehead atoms. The van der Waals surface area contributed by atoms with Gasteiger partial charge in [-0.2, -0.15) is 0 Å². The van der Waals surface area contributed by atoms with Gasteiger partial charge >= 0.3 is 0 Å². The third kappa shape index (κ3) is 2.62. The monoisotopic (exact) mass is 272 g/mol. The van der Waals surface area contributed by atoms with Crippen LogP contribution in [0.15, 0.2) is 61.2 Å². The number of fused-ring (bicyclic) bond motifs is 1. The summed E-state index contributed by atoms with van der Waals surface area (Å²) >= 11 is 0. The maximum atomic E-state index is 3.85. The normalized spacial score (nSPS) is 10.8. The van der Waals surface area contributed by atoms with Crippen LogP contribution in [0.25, 0.3) is 28.0 Å². The summed E-state index contributed by atoms with van der Waals surface area (Å²) in [6.45, 7) is 8.18. The lowest BCUT2D eigenvalue weighted by atomic mass is 9.97. The molecule has 0 N–H and O–H groups in total. The van der Waals surface area contributed by atoms with Crippen LogP contribution in [-0.2, 0) is 6.42 Å². The average molecular weight is 272 g/mol. The van der Waals surface area contributed by atoms with Crippen molar-refractivity contribution in [3.8, 4) is 11.1 Å². The number of rotatable bonds is 3. The van der Waals surface area contributed by atoms with Crippen LogP contribution in [0.2, 0.25) is 0 Å². The molecule has 0 aliphatic rings. The van der Waals surface area contributed by atoms with Crippen molar-refractivity contribution in [3.63, 3.8) is 0 Å². The summed E-state index contributed by atoms with van der Waals surface area (Å²) in [5.41, 5.74) is 6.39. The van der Waals surface area contributed by atoms with E-state index in [2.05, 4.69) is 75.0 Å². The molecule has 3 rings (SSSR count). The SMILES string of the molecule is C=Cc1ccc(-c2ccc3cc(CC)ccc3c2)cc1C. The Balaban J connectivity index is 2.08. The van der Waals surface area contributed by atoms with Crippen molar-refractivity contribution in [1.82, 2.24) is 0 Å². The van der Waals surface area contributed by atoms with E-state index >= 15 is 0 Å². The van der Waals surface area contributed by atoms with Gasteiger partial charge in [0.15, 0.2) is 0 Å². The van der Waals surface area contributed by atoms with Gasteiger partial charge in [-0.05, 0) is 58.0 Å². The second-order valence-electron chi connectivity index (χ2n) is 5.53. The van der Waals surface area contributed by atoms with E-state index in [0.29, 0.717) is 0 Å². The highest BCUT2D eigenvalue weighted by Crippen LogP contribution is 2.27. The van der Waals surface area contributed by atoms with Gasteiger partial charge in [-0.1, -0.05) is 68.1 Å². The number of hydrogen-bond donors (Lipinski definition) is 0. The number of aryl methyl sites for hydroxylation is 2. The summed E-state index contributed by atoms with van der Waals surface area (Å²) in [6, 6.07) is 20.0. The lowest BCUT2D eigenvalue weighted by molar-refractivity contribution is 1.15. The minimum Gasteiger partial charge on any atom is -0.0985 e. The van der Waals surface area contributed by atoms with Gasteiger partial charge in [0.2, 0.25) is 0 Å². The summed E-state index contributed by atoms with van der Waals surface area (Å²) in [5, 5.41) is 2.62. The van der Waals surface area contributed by atoms with Gasteiger partial charge in [-0.25, -0.2) is 0 Å². The predicted molar refractivity (Wildman–Crippen MR) is 93.6 cm³/mol. The highest BCUT2D eigenvalue weighted by atomic mass is 14.1. The van der Waals surface area contributed by atoms with Crippen LogP contribution in [0.3, 0.4) is 0 Å². The molecule has 0 heterocycles. The molecule has 0 amide bonds. The first-order valence-electron chi connectivity index (χ1n) is 7.47. The van der Waals surface area contributed by atoms with E-state index in [4.69, 9.17) is 0 Å². The molecule has 3 aromatic carbocycles. The molecule has 0 spiro atoms. The van der Waals surface area contributed by atoms with Crippen molar-refractivity contribution in [3.05, 3.63) is 77.9 Å². The van der Waals surface area contributed by atoms with Crippen molar-refractivity contribution >= 4 is 16.8 Å². The van der Waals surface area contributed by atoms with E-state index < -0.39 is 0 Å². The van der Waals surface area contributed by atoms with Gasteiger partial charge in [0.25, 0.3) is 0 Å². The fraction of sp³-hybridized carbons (Fsp3) is 0.143. The number of hydrogen-bond acceptors (Lipinski definition) is 0. The third-order valence-electron chi connectivity index (χ3n) is 4.14. The largest absolute Gasteiger partial charge is 0.0985 e. The zero-order valence-electron chi connectivity index (χ0n) is 12.7. The Bertz CT molecular complexity index is 809. The average Bonchev–Trinajstić information content (AvgIpc) is 2.53. The third-order valence-corrected chi connectivity index (χ3v) is 4.14. The van der Waals surface area contributed by atoms with Gasteiger partial charge in [0.1, 0.15) is 0 Å². The molecule has 104 valence electrons. The first-order valence-corrected chi connectivity index (χ1v) is 7.47. The van der Waals surface area contributed by atoms with E-state index in [0.717, 1.165) is 6.42 Å². The molecule has 0 aliphatic carbocycles. The van der Waals surface area contributed by atoms with Crippen LogP contribution in [0.1, 0.15) is 23.6 Å². The molecule has 0 aromatic heterocycles. The van der Waals surface area contributed by atoms with E-state index in [-0.39, 0.29) is 0 Å². The molecular formula is C21H20. The van der Waals surface area contributed by atoms with Crippen molar-refractivity contribution in [2.75, 3.05) is 0 Å². The second kappa shape index (κ2) is 5.57. The minimum absolute atomic E-state index is 1.08. The molecule has 0 fully saturated rings. The fourth-order valence-electron chi connectivity index (χ4n) is 2.78. The van der Waals surface area contributed by atoms with Crippen LogP contribution >= 0.6 is 0 Å². The molecule has 0 nitrogen and oxygen atoms in total. The van der Waals surface area contributed by atoms with Crippen LogP contribution in [-0.4, -0.2) is 0 Å². The predicted octanol–water partition coefficient (Wildman–Crippen LogP) is 6.02. The lowest BCUT2D eigenvalue weighted by Crippen LogP contribution is -1.85. The van der Waals surface area contributed by atoms with E-state index in [1.807, 2.05) is 6.08 Å². The van der Waals surface area contributed by atoms with Gasteiger partial charge < -0.3 is 0 Å². The summed E-state index contributed by atoms with van der Waals surface area (Å²) in [7, 11) is 0. The maximum Gasteiger partial charge on any atom is -0.0178 e. The smallest absolute Gasteiger partial charge is 0.0178 e. The Hall–Kier alpha value is -2.34. The van der Waals surface area contributed by atoms with Crippen LogP contribution < -0.4 is 0 Å². The molecule has 0 aliphatic heterocycles. The molecule has 0 radical (unpaired) electrons. The van der Waals surface area contributed by atoms with Crippen molar-refractivity contribution in [2.24, 2.45) is 0 Å². The Morgan fingerprint density at radius 3 is 2.24 bits per heavy atom. The van der Waals surface area contributed by atoms with Gasteiger partial charge in [0, 0.05) is 0 Å². The number of benzene rings is 3. The van der Waals surface area contributed by atoms with Crippen LogP contribution in [0, 0.1) is 6.92 Å². The van der Waals surface area contributed by atoms with Gasteiger partial charge in [-0.3, -0.25) is 0 Å². The van der Waals surface area contributed by atoms with Crippen LogP contribution in [0.5, 0.6) is 0 Å². The first-order chi connectivity index (χ1) is 10.2. The van der Waals surface area contributed by atoms with E-state index in [1.165, 1.54) is 38.6 Å². The minimum atomic E-state index is 1.08. The highest BCUT2D eigenvalue weighted by Gasteiger charge is 2.02.